The number of nitrogens with zero attached hydrogens (tertiary/aromatic N) is 3. The maximum absolute atomic E-state index is 12.1. The van der Waals surface area contributed by atoms with Crippen molar-refractivity contribution in [3.63, 3.8) is 0 Å². The molecule has 2 aliphatic carbocycles. The predicted molar refractivity (Wildman–Crippen MR) is 113 cm³/mol. The van der Waals surface area contributed by atoms with E-state index in [0.717, 1.165) is 27.7 Å². The summed E-state index contributed by atoms with van der Waals surface area (Å²) >= 11 is 3.57. The molecule has 4 N–H and O–H groups in total. The van der Waals surface area contributed by atoms with Crippen LogP contribution in [-0.4, -0.2) is 26.9 Å². The Morgan fingerprint density at radius 2 is 2.17 bits per heavy atom. The number of amides is 1. The van der Waals surface area contributed by atoms with Crippen molar-refractivity contribution in [1.82, 2.24) is 15.0 Å². The number of rotatable bonds is 4. The van der Waals surface area contributed by atoms with Crippen LogP contribution in [0.3, 0.4) is 0 Å². The third kappa shape index (κ3) is 2.89. The number of nitrogens with two attached hydrogens (primary N) is 1. The SMILES string of the molecule is N#Cc1cccc(-c2nc3ncc(Br)c(NC4C(C(N)=O)[C@@H]5C=C[C@H]4C5)c3[nH]2)c1. The van der Waals surface area contributed by atoms with Crippen molar-refractivity contribution in [2.75, 3.05) is 5.32 Å². The van der Waals surface area contributed by atoms with Crippen LogP contribution in [0.1, 0.15) is 12.0 Å². The summed E-state index contributed by atoms with van der Waals surface area (Å²) in [5.74, 6) is 0.568. The molecule has 8 heteroatoms. The van der Waals surface area contributed by atoms with Gasteiger partial charge >= 0.3 is 0 Å². The second kappa shape index (κ2) is 6.71. The van der Waals surface area contributed by atoms with Gasteiger partial charge in [-0.05, 0) is 46.3 Å². The monoisotopic (exact) mass is 448 g/mol. The van der Waals surface area contributed by atoms with E-state index in [2.05, 4.69) is 54.4 Å². The minimum absolute atomic E-state index is 0.0712. The second-order valence-corrected chi connectivity index (χ2v) is 8.36. The van der Waals surface area contributed by atoms with Crippen molar-refractivity contribution in [2.45, 2.75) is 12.5 Å². The molecule has 2 heterocycles. The Labute approximate surface area is 175 Å². The molecule has 2 bridgehead atoms. The minimum Gasteiger partial charge on any atom is -0.378 e. The third-order valence-electron chi connectivity index (χ3n) is 5.84. The number of H-pyrrole nitrogens is 1. The van der Waals surface area contributed by atoms with Gasteiger partial charge in [0.2, 0.25) is 5.91 Å². The van der Waals surface area contributed by atoms with Crippen molar-refractivity contribution in [1.29, 1.82) is 5.26 Å². The summed E-state index contributed by atoms with van der Waals surface area (Å²) in [5.41, 5.74) is 9.18. The maximum atomic E-state index is 12.1. The molecule has 29 heavy (non-hydrogen) atoms. The summed E-state index contributed by atoms with van der Waals surface area (Å²) in [5, 5.41) is 12.7. The predicted octanol–water partition coefficient (Wildman–Crippen LogP) is 3.35. The number of pyridine rings is 1. The molecule has 3 aromatic rings. The Morgan fingerprint density at radius 3 is 2.97 bits per heavy atom. The quantitative estimate of drug-likeness (QED) is 0.528. The van der Waals surface area contributed by atoms with Gasteiger partial charge in [-0.3, -0.25) is 4.79 Å². The molecule has 1 saturated carbocycles. The van der Waals surface area contributed by atoms with Crippen LogP contribution in [0.2, 0.25) is 0 Å². The highest BCUT2D eigenvalue weighted by molar-refractivity contribution is 9.10. The van der Waals surface area contributed by atoms with Crippen LogP contribution in [0.4, 0.5) is 5.69 Å². The number of imidazole rings is 1. The lowest BCUT2D eigenvalue weighted by atomic mass is 9.88. The Kier molecular flexibility index (Phi) is 4.14. The van der Waals surface area contributed by atoms with Gasteiger partial charge in [-0.15, -0.1) is 0 Å². The van der Waals surface area contributed by atoms with Crippen LogP contribution in [0.25, 0.3) is 22.6 Å². The van der Waals surface area contributed by atoms with Gasteiger partial charge in [0, 0.05) is 17.8 Å². The van der Waals surface area contributed by atoms with E-state index in [1.807, 2.05) is 12.1 Å². The van der Waals surface area contributed by atoms with Crippen molar-refractivity contribution in [3.8, 4) is 17.5 Å². The minimum atomic E-state index is -0.278. The summed E-state index contributed by atoms with van der Waals surface area (Å²) in [6.45, 7) is 0. The smallest absolute Gasteiger partial charge is 0.223 e. The summed E-state index contributed by atoms with van der Waals surface area (Å²) in [6.07, 6.45) is 6.90. The molecule has 0 radical (unpaired) electrons. The normalized spacial score (nSPS) is 24.7. The van der Waals surface area contributed by atoms with Gasteiger partial charge in [-0.25, -0.2) is 9.97 Å². The van der Waals surface area contributed by atoms with Gasteiger partial charge in [0.05, 0.1) is 27.7 Å². The van der Waals surface area contributed by atoms with Crippen LogP contribution < -0.4 is 11.1 Å². The zero-order valence-electron chi connectivity index (χ0n) is 15.3. The summed E-state index contributed by atoms with van der Waals surface area (Å²) in [6, 6.07) is 9.32. The van der Waals surface area contributed by atoms with Gasteiger partial charge in [-0.1, -0.05) is 24.3 Å². The maximum Gasteiger partial charge on any atom is 0.223 e. The van der Waals surface area contributed by atoms with Crippen molar-refractivity contribution in [2.24, 2.45) is 23.5 Å². The number of hydrogen-bond acceptors (Lipinski definition) is 5. The number of carbonyl (C=O) groups is 1. The van der Waals surface area contributed by atoms with Crippen molar-refractivity contribution >= 4 is 38.7 Å². The average molecular weight is 449 g/mol. The number of aromatic nitrogens is 3. The molecule has 1 amide bonds. The summed E-state index contributed by atoms with van der Waals surface area (Å²) in [4.78, 5) is 24.4. The van der Waals surface area contributed by atoms with Gasteiger partial charge in [0.25, 0.3) is 0 Å². The van der Waals surface area contributed by atoms with E-state index in [1.165, 1.54) is 0 Å². The zero-order valence-corrected chi connectivity index (χ0v) is 16.8. The largest absolute Gasteiger partial charge is 0.378 e. The van der Waals surface area contributed by atoms with E-state index in [4.69, 9.17) is 11.0 Å². The standard InChI is InChI=1S/C21H17BrN6O/c22-14-9-25-21-18(27-20(28-21)13-3-1-2-10(6-13)8-23)17(14)26-16-12-5-4-11(7-12)15(16)19(24)29/h1-6,9,11-12,15-16H,7H2,(H2,24,29)(H2,25,26,27,28)/t11-,12+,15?,16?/m1/s1. The lowest BCUT2D eigenvalue weighted by molar-refractivity contribution is -0.122. The zero-order chi connectivity index (χ0) is 20.1. The first kappa shape index (κ1) is 17.9. The molecule has 2 unspecified atom stereocenters. The van der Waals surface area contributed by atoms with E-state index in [9.17, 15) is 4.79 Å². The van der Waals surface area contributed by atoms with Crippen LogP contribution in [-0.2, 0) is 4.79 Å². The lowest BCUT2D eigenvalue weighted by Crippen LogP contribution is -2.41. The number of nitrogens with one attached hydrogen (secondary N) is 2. The molecule has 0 spiro atoms. The topological polar surface area (TPSA) is 120 Å². The number of hydrogen-bond donors (Lipinski definition) is 3. The highest BCUT2D eigenvalue weighted by Gasteiger charge is 2.47. The molecule has 0 saturated heterocycles. The molecular formula is C21H17BrN6O. The number of primary amides is 1. The fourth-order valence-electron chi connectivity index (χ4n) is 4.52. The first-order valence-corrected chi connectivity index (χ1v) is 10.1. The number of carbonyl (C=O) groups excluding carboxylic acids is 1. The number of fused-ring (bicyclic) bond motifs is 3. The first-order valence-electron chi connectivity index (χ1n) is 9.34. The van der Waals surface area contributed by atoms with Crippen LogP contribution in [0.15, 0.2) is 47.1 Å². The number of aromatic amines is 1. The number of allylic oxidation sites excluding steroid dienone is 1. The third-order valence-corrected chi connectivity index (χ3v) is 6.44. The molecule has 5 rings (SSSR count). The van der Waals surface area contributed by atoms with E-state index in [1.54, 1.807) is 18.3 Å². The Bertz CT molecular complexity index is 1210. The van der Waals surface area contributed by atoms with E-state index in [-0.39, 0.29) is 29.7 Å². The van der Waals surface area contributed by atoms with Crippen LogP contribution in [0.5, 0.6) is 0 Å². The van der Waals surface area contributed by atoms with Crippen LogP contribution >= 0.6 is 15.9 Å². The molecule has 4 atom stereocenters. The molecule has 1 aromatic carbocycles. The fourth-order valence-corrected chi connectivity index (χ4v) is 4.94. The lowest BCUT2D eigenvalue weighted by Gasteiger charge is -2.28. The van der Waals surface area contributed by atoms with E-state index < -0.39 is 0 Å². The second-order valence-electron chi connectivity index (χ2n) is 7.50. The molecule has 2 aromatic heterocycles. The fraction of sp³-hybridized carbons (Fsp3) is 0.238. The van der Waals surface area contributed by atoms with Gasteiger partial charge in [-0.2, -0.15) is 5.26 Å². The van der Waals surface area contributed by atoms with Crippen molar-refractivity contribution < 1.29 is 4.79 Å². The number of halogens is 1. The van der Waals surface area contributed by atoms with Crippen LogP contribution in [0, 0.1) is 29.1 Å². The Balaban J connectivity index is 1.57. The summed E-state index contributed by atoms with van der Waals surface area (Å²) < 4.78 is 0.779. The molecule has 7 nitrogen and oxygen atoms in total. The molecule has 0 aliphatic heterocycles. The molecule has 2 aliphatic rings. The summed E-state index contributed by atoms with van der Waals surface area (Å²) in [7, 11) is 0. The number of benzene rings is 1. The highest BCUT2D eigenvalue weighted by Crippen LogP contribution is 2.46. The van der Waals surface area contributed by atoms with Gasteiger partial charge in [0.1, 0.15) is 11.3 Å². The van der Waals surface area contributed by atoms with E-state index in [0.29, 0.717) is 17.0 Å². The molecular weight excluding hydrogens is 432 g/mol. The average Bonchev–Trinajstić information content (AvgIpc) is 3.44. The number of nitriles is 1. The van der Waals surface area contributed by atoms with Gasteiger partial charge < -0.3 is 16.0 Å². The van der Waals surface area contributed by atoms with E-state index >= 15 is 0 Å². The Hall–Kier alpha value is -3.18. The molecule has 1 fully saturated rings. The Morgan fingerprint density at radius 1 is 1.34 bits per heavy atom. The molecule has 144 valence electrons. The number of anilines is 1. The van der Waals surface area contributed by atoms with Gasteiger partial charge in [0.15, 0.2) is 5.65 Å². The highest BCUT2D eigenvalue weighted by atomic mass is 79.9. The van der Waals surface area contributed by atoms with Crippen molar-refractivity contribution in [3.05, 3.63) is 52.7 Å². The first-order chi connectivity index (χ1) is 14.0.